The highest BCUT2D eigenvalue weighted by Gasteiger charge is 2.13. The fourth-order valence-electron chi connectivity index (χ4n) is 1.65. The molecule has 2 N–H and O–H groups in total. The van der Waals surface area contributed by atoms with Crippen molar-refractivity contribution in [1.82, 2.24) is 0 Å². The van der Waals surface area contributed by atoms with Gasteiger partial charge in [0.1, 0.15) is 23.1 Å². The number of phenols is 1. The number of amides is 1. The fourth-order valence-corrected chi connectivity index (χ4v) is 1.65. The maximum absolute atomic E-state index is 13.0. The standard InChI is InChI=1S/C14H11F2NO3/c1-20-11-2-3-13(18)12(7-11)14(19)17-10-5-8(15)4-9(16)6-10/h2-7,18H,1H3,(H,17,19). The molecule has 0 atom stereocenters. The third-order valence-corrected chi connectivity index (χ3v) is 2.57. The van der Waals surface area contributed by atoms with Crippen molar-refractivity contribution in [3.8, 4) is 11.5 Å². The number of phenolic OH excluding ortho intramolecular Hbond substituents is 1. The van der Waals surface area contributed by atoms with Gasteiger partial charge < -0.3 is 15.2 Å². The molecule has 0 radical (unpaired) electrons. The topological polar surface area (TPSA) is 58.6 Å². The van der Waals surface area contributed by atoms with Gasteiger partial charge in [0.25, 0.3) is 5.91 Å². The molecule has 20 heavy (non-hydrogen) atoms. The van der Waals surface area contributed by atoms with E-state index in [1.54, 1.807) is 0 Å². The molecule has 2 aromatic carbocycles. The maximum Gasteiger partial charge on any atom is 0.259 e. The summed E-state index contributed by atoms with van der Waals surface area (Å²) in [5.74, 6) is -2.21. The Balaban J connectivity index is 2.27. The van der Waals surface area contributed by atoms with E-state index < -0.39 is 17.5 Å². The van der Waals surface area contributed by atoms with Crippen molar-refractivity contribution in [2.24, 2.45) is 0 Å². The lowest BCUT2D eigenvalue weighted by molar-refractivity contribution is 0.102. The Morgan fingerprint density at radius 1 is 1.15 bits per heavy atom. The van der Waals surface area contributed by atoms with Crippen LogP contribution in [0.3, 0.4) is 0 Å². The van der Waals surface area contributed by atoms with Crippen LogP contribution in [0.15, 0.2) is 36.4 Å². The second kappa shape index (κ2) is 5.56. The molecule has 2 aromatic rings. The van der Waals surface area contributed by atoms with E-state index in [0.29, 0.717) is 11.8 Å². The van der Waals surface area contributed by atoms with Crippen LogP contribution in [-0.2, 0) is 0 Å². The first-order chi connectivity index (χ1) is 9.49. The van der Waals surface area contributed by atoms with Crippen molar-refractivity contribution in [3.63, 3.8) is 0 Å². The second-order valence-corrected chi connectivity index (χ2v) is 4.00. The smallest absolute Gasteiger partial charge is 0.259 e. The highest BCUT2D eigenvalue weighted by atomic mass is 19.1. The van der Waals surface area contributed by atoms with Crippen LogP contribution >= 0.6 is 0 Å². The molecule has 0 unspecified atom stereocenters. The summed E-state index contributed by atoms with van der Waals surface area (Å²) < 4.78 is 31.0. The summed E-state index contributed by atoms with van der Waals surface area (Å²) in [5, 5.41) is 11.9. The Morgan fingerprint density at radius 2 is 1.80 bits per heavy atom. The monoisotopic (exact) mass is 279 g/mol. The van der Waals surface area contributed by atoms with Crippen molar-refractivity contribution in [2.45, 2.75) is 0 Å². The average Bonchev–Trinajstić information content (AvgIpc) is 2.37. The lowest BCUT2D eigenvalue weighted by atomic mass is 10.1. The van der Waals surface area contributed by atoms with Crippen LogP contribution in [-0.4, -0.2) is 18.1 Å². The molecule has 0 heterocycles. The number of ether oxygens (including phenoxy) is 1. The van der Waals surface area contributed by atoms with Gasteiger partial charge in [0.05, 0.1) is 12.7 Å². The normalized spacial score (nSPS) is 10.2. The highest BCUT2D eigenvalue weighted by molar-refractivity contribution is 6.06. The Morgan fingerprint density at radius 3 is 2.40 bits per heavy atom. The molecule has 104 valence electrons. The predicted octanol–water partition coefficient (Wildman–Crippen LogP) is 2.93. The number of hydrogen-bond acceptors (Lipinski definition) is 3. The molecule has 0 aliphatic rings. The van der Waals surface area contributed by atoms with Crippen molar-refractivity contribution in [3.05, 3.63) is 53.6 Å². The number of carbonyl (C=O) groups is 1. The zero-order chi connectivity index (χ0) is 14.7. The van der Waals surface area contributed by atoms with Gasteiger partial charge in [-0.1, -0.05) is 0 Å². The summed E-state index contributed by atoms with van der Waals surface area (Å²) in [6.45, 7) is 0. The maximum atomic E-state index is 13.0. The van der Waals surface area contributed by atoms with Gasteiger partial charge in [0.2, 0.25) is 0 Å². The Bertz CT molecular complexity index is 639. The lowest BCUT2D eigenvalue weighted by Gasteiger charge is -2.08. The molecule has 0 fully saturated rings. The van der Waals surface area contributed by atoms with Gasteiger partial charge >= 0.3 is 0 Å². The van der Waals surface area contributed by atoms with E-state index in [1.165, 1.54) is 25.3 Å². The van der Waals surface area contributed by atoms with Gasteiger partial charge in [-0.25, -0.2) is 8.78 Å². The Hall–Kier alpha value is -2.63. The van der Waals surface area contributed by atoms with E-state index in [9.17, 15) is 18.7 Å². The molecule has 0 aromatic heterocycles. The lowest BCUT2D eigenvalue weighted by Crippen LogP contribution is -2.12. The molecule has 4 nitrogen and oxygen atoms in total. The van der Waals surface area contributed by atoms with E-state index in [4.69, 9.17) is 4.74 Å². The number of hydrogen-bond donors (Lipinski definition) is 2. The second-order valence-electron chi connectivity index (χ2n) is 4.00. The third-order valence-electron chi connectivity index (χ3n) is 2.57. The quantitative estimate of drug-likeness (QED) is 0.908. The number of carbonyl (C=O) groups excluding carboxylic acids is 1. The zero-order valence-electron chi connectivity index (χ0n) is 10.5. The number of rotatable bonds is 3. The molecule has 0 aliphatic heterocycles. The van der Waals surface area contributed by atoms with E-state index in [0.717, 1.165) is 12.1 Å². The molecule has 0 saturated carbocycles. The molecule has 0 bridgehead atoms. The van der Waals surface area contributed by atoms with Crippen LogP contribution in [0, 0.1) is 11.6 Å². The third kappa shape index (κ3) is 3.03. The molecule has 0 aliphatic carbocycles. The van der Waals surface area contributed by atoms with Crippen molar-refractivity contribution in [1.29, 1.82) is 0 Å². The minimum atomic E-state index is -0.810. The van der Waals surface area contributed by atoms with E-state index in [1.807, 2.05) is 0 Å². The number of halogens is 2. The van der Waals surface area contributed by atoms with E-state index in [-0.39, 0.29) is 17.0 Å². The highest BCUT2D eigenvalue weighted by Crippen LogP contribution is 2.24. The summed E-state index contributed by atoms with van der Waals surface area (Å²) in [5.41, 5.74) is -0.108. The number of nitrogens with one attached hydrogen (secondary N) is 1. The Kier molecular flexibility index (Phi) is 3.84. The van der Waals surface area contributed by atoms with Crippen LogP contribution in [0.5, 0.6) is 11.5 Å². The largest absolute Gasteiger partial charge is 0.507 e. The van der Waals surface area contributed by atoms with Crippen LogP contribution in [0.4, 0.5) is 14.5 Å². The van der Waals surface area contributed by atoms with E-state index >= 15 is 0 Å². The van der Waals surface area contributed by atoms with Crippen molar-refractivity contribution < 1.29 is 23.4 Å². The molecular weight excluding hydrogens is 268 g/mol. The molecular formula is C14H11F2NO3. The molecule has 2 rings (SSSR count). The number of methoxy groups -OCH3 is 1. The molecule has 0 saturated heterocycles. The first-order valence-corrected chi connectivity index (χ1v) is 5.64. The summed E-state index contributed by atoms with van der Waals surface area (Å²) in [7, 11) is 1.41. The first kappa shape index (κ1) is 13.8. The zero-order valence-corrected chi connectivity index (χ0v) is 10.5. The minimum absolute atomic E-state index is 0.0466. The predicted molar refractivity (Wildman–Crippen MR) is 69.0 cm³/mol. The van der Waals surface area contributed by atoms with E-state index in [2.05, 4.69) is 5.32 Å². The van der Waals surface area contributed by atoms with Crippen LogP contribution in [0.2, 0.25) is 0 Å². The van der Waals surface area contributed by atoms with Crippen molar-refractivity contribution in [2.75, 3.05) is 12.4 Å². The summed E-state index contributed by atoms with van der Waals surface area (Å²) in [6, 6.07) is 6.73. The van der Waals surface area contributed by atoms with Crippen LogP contribution in [0.1, 0.15) is 10.4 Å². The van der Waals surface area contributed by atoms with Crippen LogP contribution < -0.4 is 10.1 Å². The first-order valence-electron chi connectivity index (χ1n) is 5.64. The van der Waals surface area contributed by atoms with Crippen molar-refractivity contribution >= 4 is 11.6 Å². The number of anilines is 1. The fraction of sp³-hybridized carbons (Fsp3) is 0.0714. The van der Waals surface area contributed by atoms with Crippen LogP contribution in [0.25, 0.3) is 0 Å². The number of benzene rings is 2. The summed E-state index contributed by atoms with van der Waals surface area (Å²) in [4.78, 5) is 12.0. The summed E-state index contributed by atoms with van der Waals surface area (Å²) >= 11 is 0. The number of aromatic hydroxyl groups is 1. The Labute approximate surface area is 113 Å². The molecule has 6 heteroatoms. The van der Waals surface area contributed by atoms with Gasteiger partial charge in [-0.05, 0) is 30.3 Å². The van der Waals surface area contributed by atoms with Gasteiger partial charge in [0, 0.05) is 11.8 Å². The molecule has 1 amide bonds. The van der Waals surface area contributed by atoms with Gasteiger partial charge in [-0.3, -0.25) is 4.79 Å². The SMILES string of the molecule is COc1ccc(O)c(C(=O)Nc2cc(F)cc(F)c2)c1. The van der Waals surface area contributed by atoms with Gasteiger partial charge in [-0.2, -0.15) is 0 Å². The average molecular weight is 279 g/mol. The molecule has 0 spiro atoms. The van der Waals surface area contributed by atoms with Gasteiger partial charge in [0.15, 0.2) is 0 Å². The minimum Gasteiger partial charge on any atom is -0.507 e. The van der Waals surface area contributed by atoms with Gasteiger partial charge in [-0.15, -0.1) is 0 Å². The summed E-state index contributed by atoms with van der Waals surface area (Å²) in [6.07, 6.45) is 0.